The van der Waals surface area contributed by atoms with Gasteiger partial charge in [-0.25, -0.2) is 4.98 Å². The number of fused-ring (bicyclic) bond motifs is 1. The predicted molar refractivity (Wildman–Crippen MR) is 128 cm³/mol. The van der Waals surface area contributed by atoms with Crippen LogP contribution < -0.4 is 4.90 Å². The molecule has 0 bridgehead atoms. The fourth-order valence-electron chi connectivity index (χ4n) is 4.77. The van der Waals surface area contributed by atoms with Crippen LogP contribution in [0.3, 0.4) is 0 Å². The molecule has 1 fully saturated rings. The topological polar surface area (TPSA) is 24.3 Å². The largest absolute Gasteiger partial charge is 0.368 e. The number of hydrogen-bond acceptors (Lipinski definition) is 3. The van der Waals surface area contributed by atoms with Crippen molar-refractivity contribution in [2.24, 2.45) is 5.92 Å². The average molecular weight is 403 g/mol. The summed E-state index contributed by atoms with van der Waals surface area (Å²) in [4.78, 5) is 9.95. The molecule has 30 heavy (non-hydrogen) atoms. The first-order valence-electron chi connectivity index (χ1n) is 11.1. The van der Waals surface area contributed by atoms with E-state index in [2.05, 4.69) is 91.2 Å². The van der Waals surface area contributed by atoms with E-state index in [-0.39, 0.29) is 0 Å². The van der Waals surface area contributed by atoms with Crippen molar-refractivity contribution in [3.63, 3.8) is 0 Å². The molecule has 1 saturated heterocycles. The molecule has 0 spiro atoms. The van der Waals surface area contributed by atoms with Gasteiger partial charge in [-0.05, 0) is 43.0 Å². The molecule has 1 aliphatic heterocycles. The summed E-state index contributed by atoms with van der Waals surface area (Å²) in [5.41, 5.74) is 4.79. The molecule has 0 amide bonds. The number of anilines is 1. The molecular weight excluding hydrogens is 368 g/mol. The lowest BCUT2D eigenvalue weighted by atomic mass is 10.0. The first-order chi connectivity index (χ1) is 14.5. The molecule has 0 saturated carbocycles. The van der Waals surface area contributed by atoms with Gasteiger partial charge in [0.2, 0.25) is 0 Å². The third kappa shape index (κ3) is 4.15. The van der Waals surface area contributed by atoms with Gasteiger partial charge in [0.05, 0.1) is 0 Å². The number of pyridine rings is 1. The van der Waals surface area contributed by atoms with E-state index >= 15 is 0 Å². The van der Waals surface area contributed by atoms with Crippen LogP contribution in [0.25, 0.3) is 17.1 Å². The van der Waals surface area contributed by atoms with E-state index in [1.54, 1.807) is 0 Å². The van der Waals surface area contributed by atoms with Gasteiger partial charge in [0.15, 0.2) is 0 Å². The Morgan fingerprint density at radius 1 is 1.07 bits per heavy atom. The number of piperazine rings is 1. The van der Waals surface area contributed by atoms with Crippen LogP contribution in [0.4, 0.5) is 5.69 Å². The summed E-state index contributed by atoms with van der Waals surface area (Å²) in [6.07, 6.45) is 6.01. The lowest BCUT2D eigenvalue weighted by molar-refractivity contribution is 0.116. The minimum absolute atomic E-state index is 0.546. The van der Waals surface area contributed by atoms with Crippen LogP contribution in [0.5, 0.6) is 0 Å². The van der Waals surface area contributed by atoms with Crippen LogP contribution in [0.15, 0.2) is 55.4 Å². The van der Waals surface area contributed by atoms with E-state index in [9.17, 15) is 0 Å². The Morgan fingerprint density at radius 2 is 1.77 bits per heavy atom. The van der Waals surface area contributed by atoms with Crippen LogP contribution >= 0.6 is 0 Å². The van der Waals surface area contributed by atoms with Crippen LogP contribution in [0.1, 0.15) is 38.8 Å². The van der Waals surface area contributed by atoms with Crippen molar-refractivity contribution in [2.45, 2.75) is 46.3 Å². The molecule has 0 radical (unpaired) electrons. The summed E-state index contributed by atoms with van der Waals surface area (Å²) in [7, 11) is 0. The number of aromatic nitrogens is 2. The maximum Gasteiger partial charge on any atom is 0.142 e. The van der Waals surface area contributed by atoms with E-state index in [1.807, 2.05) is 12.3 Å². The van der Waals surface area contributed by atoms with Crippen molar-refractivity contribution in [2.75, 3.05) is 24.5 Å². The lowest BCUT2D eigenvalue weighted by Crippen LogP contribution is -2.57. The monoisotopic (exact) mass is 402 g/mol. The molecule has 0 N–H and O–H groups in total. The minimum atomic E-state index is 0.546. The van der Waals surface area contributed by atoms with E-state index in [0.717, 1.165) is 30.8 Å². The molecule has 4 rings (SSSR count). The zero-order valence-corrected chi connectivity index (χ0v) is 18.8. The number of hydrogen-bond donors (Lipinski definition) is 0. The maximum absolute atomic E-state index is 4.73. The van der Waals surface area contributed by atoms with Crippen LogP contribution in [-0.2, 0) is 6.54 Å². The Labute approximate surface area is 180 Å². The second-order valence-corrected chi connectivity index (χ2v) is 9.15. The van der Waals surface area contributed by atoms with Crippen molar-refractivity contribution in [3.8, 4) is 0 Å². The second kappa shape index (κ2) is 8.65. The molecule has 1 aromatic carbocycles. The van der Waals surface area contributed by atoms with Gasteiger partial charge >= 0.3 is 0 Å². The standard InChI is InChI=1S/C26H34N4/c1-6-22-7-9-23(10-8-22)18-28-14-12-24-25(11-13-27-26(24)28)29-16-20(4)30(15-19(2)3)21(5)17-29/h6-14,19-21H,1,15-18H2,2-5H3. The highest BCUT2D eigenvalue weighted by atomic mass is 15.3. The van der Waals surface area contributed by atoms with Gasteiger partial charge in [-0.15, -0.1) is 0 Å². The normalized spacial score (nSPS) is 20.2. The summed E-state index contributed by atoms with van der Waals surface area (Å²) in [5, 5.41) is 1.25. The Kier molecular flexibility index (Phi) is 5.96. The highest BCUT2D eigenvalue weighted by molar-refractivity contribution is 5.90. The van der Waals surface area contributed by atoms with E-state index in [1.165, 1.54) is 23.2 Å². The summed E-state index contributed by atoms with van der Waals surface area (Å²) < 4.78 is 2.25. The fraction of sp³-hybridized carbons (Fsp3) is 0.423. The maximum atomic E-state index is 4.73. The Hall–Kier alpha value is -2.59. The number of nitrogens with zero attached hydrogens (tertiary/aromatic N) is 4. The van der Waals surface area contributed by atoms with Crippen molar-refractivity contribution in [1.29, 1.82) is 0 Å². The van der Waals surface area contributed by atoms with Gasteiger partial charge in [0.25, 0.3) is 0 Å². The quantitative estimate of drug-likeness (QED) is 0.560. The van der Waals surface area contributed by atoms with Crippen LogP contribution in [0.2, 0.25) is 0 Å². The fourth-order valence-corrected chi connectivity index (χ4v) is 4.77. The molecule has 4 heteroatoms. The van der Waals surface area contributed by atoms with Gasteiger partial charge in [-0.3, -0.25) is 4.90 Å². The highest BCUT2D eigenvalue weighted by Gasteiger charge is 2.30. The lowest BCUT2D eigenvalue weighted by Gasteiger charge is -2.46. The third-order valence-electron chi connectivity index (χ3n) is 6.23. The number of rotatable bonds is 6. The smallest absolute Gasteiger partial charge is 0.142 e. The van der Waals surface area contributed by atoms with Crippen molar-refractivity contribution in [1.82, 2.24) is 14.5 Å². The molecule has 2 aromatic heterocycles. The summed E-state index contributed by atoms with van der Waals surface area (Å²) in [5.74, 6) is 0.698. The Morgan fingerprint density at radius 3 is 2.40 bits per heavy atom. The summed E-state index contributed by atoms with van der Waals surface area (Å²) in [6, 6.07) is 14.1. The predicted octanol–water partition coefficient (Wildman–Crippen LogP) is 5.28. The zero-order chi connectivity index (χ0) is 21.3. The van der Waals surface area contributed by atoms with Crippen molar-refractivity contribution >= 4 is 22.8 Å². The third-order valence-corrected chi connectivity index (χ3v) is 6.23. The molecule has 0 aliphatic carbocycles. The van der Waals surface area contributed by atoms with Gasteiger partial charge in [-0.2, -0.15) is 0 Å². The number of benzene rings is 1. The molecular formula is C26H34N4. The first kappa shape index (κ1) is 20.7. The van der Waals surface area contributed by atoms with E-state index in [0.29, 0.717) is 18.0 Å². The zero-order valence-electron chi connectivity index (χ0n) is 18.8. The summed E-state index contributed by atoms with van der Waals surface area (Å²) in [6.45, 7) is 17.3. The average Bonchev–Trinajstić information content (AvgIpc) is 3.14. The molecule has 2 atom stereocenters. The van der Waals surface area contributed by atoms with E-state index in [4.69, 9.17) is 4.98 Å². The summed E-state index contributed by atoms with van der Waals surface area (Å²) >= 11 is 0. The molecule has 3 heterocycles. The van der Waals surface area contributed by atoms with Gasteiger partial charge in [0, 0.05) is 61.7 Å². The van der Waals surface area contributed by atoms with Crippen LogP contribution in [-0.4, -0.2) is 46.2 Å². The van der Waals surface area contributed by atoms with Crippen molar-refractivity contribution < 1.29 is 0 Å². The van der Waals surface area contributed by atoms with E-state index < -0.39 is 0 Å². The highest BCUT2D eigenvalue weighted by Crippen LogP contribution is 2.30. The van der Waals surface area contributed by atoms with Gasteiger partial charge in [0.1, 0.15) is 5.65 Å². The van der Waals surface area contributed by atoms with Gasteiger partial charge < -0.3 is 9.47 Å². The minimum Gasteiger partial charge on any atom is -0.368 e. The Balaban J connectivity index is 1.58. The molecule has 158 valence electrons. The molecule has 4 nitrogen and oxygen atoms in total. The molecule has 2 unspecified atom stereocenters. The second-order valence-electron chi connectivity index (χ2n) is 9.15. The van der Waals surface area contributed by atoms with Gasteiger partial charge in [-0.1, -0.05) is 50.8 Å². The molecule has 3 aromatic rings. The Bertz CT molecular complexity index is 990. The SMILES string of the molecule is C=Cc1ccc(Cn2ccc3c(N4CC(C)N(CC(C)C)C(C)C4)ccnc32)cc1. The molecule has 1 aliphatic rings. The van der Waals surface area contributed by atoms with Crippen molar-refractivity contribution in [3.05, 3.63) is 66.5 Å². The first-order valence-corrected chi connectivity index (χ1v) is 11.1. The van der Waals surface area contributed by atoms with Crippen LogP contribution in [0, 0.1) is 5.92 Å².